The van der Waals surface area contributed by atoms with E-state index in [2.05, 4.69) is 6.92 Å². The third-order valence-electron chi connectivity index (χ3n) is 7.82. The lowest BCUT2D eigenvalue weighted by molar-refractivity contribution is -0.152. The van der Waals surface area contributed by atoms with Gasteiger partial charge in [0.15, 0.2) is 12.2 Å². The summed E-state index contributed by atoms with van der Waals surface area (Å²) >= 11 is 0. The van der Waals surface area contributed by atoms with Crippen LogP contribution in [0.15, 0.2) is 48.1 Å². The SMILES string of the molecule is CCCCCCCC(=O)OCC/C=C/[C@@H]1O[C@@H]1[C@@H]1OC(=O)/C=C\C=C\C(=O)N(C(C)=O)C(=O)/C=C(/C)CC[C@H]2O[C@@H]2[C@H]1OC(=O)NC(C)=O. The molecule has 0 aromatic carbocycles. The van der Waals surface area contributed by atoms with Crippen molar-refractivity contribution in [1.29, 1.82) is 0 Å². The second-order valence-corrected chi connectivity index (χ2v) is 12.0. The summed E-state index contributed by atoms with van der Waals surface area (Å²) in [4.78, 5) is 86.8. The molecule has 14 heteroatoms. The monoisotopic (exact) mass is 686 g/mol. The summed E-state index contributed by atoms with van der Waals surface area (Å²) in [5.74, 6) is -4.27. The summed E-state index contributed by atoms with van der Waals surface area (Å²) in [6.45, 7) is 6.21. The number of nitrogens with one attached hydrogen (secondary N) is 1. The van der Waals surface area contributed by atoms with Crippen LogP contribution >= 0.6 is 0 Å². The Morgan fingerprint density at radius 3 is 2.41 bits per heavy atom. The van der Waals surface area contributed by atoms with Crippen molar-refractivity contribution in [2.75, 3.05) is 6.61 Å². The molecule has 268 valence electrons. The zero-order valence-corrected chi connectivity index (χ0v) is 28.4. The molecule has 0 aromatic heterocycles. The van der Waals surface area contributed by atoms with Crippen LogP contribution in [0.2, 0.25) is 0 Å². The van der Waals surface area contributed by atoms with E-state index in [1.165, 1.54) is 18.2 Å². The second kappa shape index (κ2) is 19.5. The van der Waals surface area contributed by atoms with Gasteiger partial charge in [0, 0.05) is 38.5 Å². The smallest absolute Gasteiger partial charge is 0.414 e. The molecular formula is C35H46N2O12. The van der Waals surface area contributed by atoms with Crippen LogP contribution in [0.1, 0.15) is 85.5 Å². The van der Waals surface area contributed by atoms with Gasteiger partial charge in [0.25, 0.3) is 11.8 Å². The third kappa shape index (κ3) is 13.5. The number of fused-ring (bicyclic) bond motifs is 1. The molecule has 2 saturated heterocycles. The number of alkyl carbamates (subject to hydrolysis) is 1. The van der Waals surface area contributed by atoms with Crippen molar-refractivity contribution in [3.63, 3.8) is 0 Å². The molecule has 49 heavy (non-hydrogen) atoms. The zero-order chi connectivity index (χ0) is 35.9. The molecule has 2 fully saturated rings. The van der Waals surface area contributed by atoms with Crippen molar-refractivity contribution in [3.8, 4) is 0 Å². The molecule has 14 nitrogen and oxygen atoms in total. The Labute approximate surface area is 285 Å². The van der Waals surface area contributed by atoms with E-state index in [1.54, 1.807) is 19.1 Å². The van der Waals surface area contributed by atoms with Crippen LogP contribution in [0.5, 0.6) is 0 Å². The molecule has 6 atom stereocenters. The van der Waals surface area contributed by atoms with Gasteiger partial charge in [-0.1, -0.05) is 62.5 Å². The molecule has 5 amide bonds. The fraction of sp³-hybridized carbons (Fsp3) is 0.571. The minimum absolute atomic E-state index is 0.194. The van der Waals surface area contributed by atoms with Gasteiger partial charge in [-0.3, -0.25) is 29.3 Å². The third-order valence-corrected chi connectivity index (χ3v) is 7.82. The van der Waals surface area contributed by atoms with Gasteiger partial charge in [0.2, 0.25) is 11.8 Å². The highest BCUT2D eigenvalue weighted by Crippen LogP contribution is 2.39. The van der Waals surface area contributed by atoms with Gasteiger partial charge in [-0.05, 0) is 32.6 Å². The van der Waals surface area contributed by atoms with E-state index in [0.717, 1.165) is 58.1 Å². The van der Waals surface area contributed by atoms with Gasteiger partial charge in [-0.15, -0.1) is 0 Å². The average Bonchev–Trinajstić information content (AvgIpc) is 3.95. The van der Waals surface area contributed by atoms with Gasteiger partial charge in [-0.25, -0.2) is 14.5 Å². The zero-order valence-electron chi connectivity index (χ0n) is 28.4. The minimum Gasteiger partial charge on any atom is -0.465 e. The number of hydrogen-bond acceptors (Lipinski definition) is 12. The van der Waals surface area contributed by atoms with Gasteiger partial charge in [-0.2, -0.15) is 0 Å². The highest BCUT2D eigenvalue weighted by molar-refractivity contribution is 6.16. The number of imide groups is 4. The number of carbonyl (C=O) groups is 7. The number of allylic oxidation sites excluding steroid dienone is 3. The summed E-state index contributed by atoms with van der Waals surface area (Å²) in [6.07, 6.45) is 9.73. The Morgan fingerprint density at radius 2 is 1.69 bits per heavy atom. The standard InChI is InChI=1S/C35H46N2O12/c1-5-6-7-8-9-16-29(42)45-20-13-12-14-25-31(46-25)33-34(49-35(44)36-23(3)38)32-26(47-32)19-18-22(2)21-28(41)37(24(4)39)27(40)15-10-11-17-30(43)48-33/h10-12,14-15,17,21,25-26,31-34H,5-9,13,16,18-20H2,1-4H3,(H,36,38,44)/b14-12+,15-10+,17-11-,22-21-/t25-,26+,31-,32-,33-,34+/m0/s1. The largest absolute Gasteiger partial charge is 0.465 e. The van der Waals surface area contributed by atoms with Gasteiger partial charge in [0.05, 0.1) is 12.7 Å². The number of cyclic esters (lactones) is 1. The number of rotatable bonds is 12. The quantitative estimate of drug-likeness (QED) is 0.0785. The number of carbonyl (C=O) groups excluding carboxylic acids is 7. The number of ether oxygens (including phenoxy) is 5. The Kier molecular flexibility index (Phi) is 15.6. The van der Waals surface area contributed by atoms with Gasteiger partial charge >= 0.3 is 18.0 Å². The maximum atomic E-state index is 12.9. The second-order valence-electron chi connectivity index (χ2n) is 12.0. The summed E-state index contributed by atoms with van der Waals surface area (Å²) < 4.78 is 28.2. The van der Waals surface area contributed by atoms with E-state index < -0.39 is 72.3 Å². The number of nitrogens with zero attached hydrogens (tertiary/aromatic N) is 1. The van der Waals surface area contributed by atoms with Crippen LogP contribution in [0.4, 0.5) is 4.79 Å². The Morgan fingerprint density at radius 1 is 0.959 bits per heavy atom. The number of esters is 2. The first-order valence-electron chi connectivity index (χ1n) is 16.6. The Hall–Kier alpha value is -4.43. The van der Waals surface area contributed by atoms with Crippen molar-refractivity contribution in [2.45, 2.75) is 122 Å². The van der Waals surface area contributed by atoms with Crippen LogP contribution in [0.3, 0.4) is 0 Å². The summed E-state index contributed by atoms with van der Waals surface area (Å²) in [7, 11) is 0. The molecule has 3 aliphatic heterocycles. The van der Waals surface area contributed by atoms with Gasteiger partial charge < -0.3 is 23.7 Å². The molecule has 1 N–H and O–H groups in total. The summed E-state index contributed by atoms with van der Waals surface area (Å²) in [5.41, 5.74) is 0.564. The Bertz CT molecular complexity index is 1370. The predicted octanol–water partition coefficient (Wildman–Crippen LogP) is 3.68. The molecule has 3 rings (SSSR count). The van der Waals surface area contributed by atoms with E-state index in [-0.39, 0.29) is 12.6 Å². The lowest BCUT2D eigenvalue weighted by Crippen LogP contribution is -2.46. The normalized spacial score (nSPS) is 28.3. The van der Waals surface area contributed by atoms with Crippen LogP contribution in [0, 0.1) is 0 Å². The average molecular weight is 687 g/mol. The number of unbranched alkanes of at least 4 members (excludes halogenated alkanes) is 4. The van der Waals surface area contributed by atoms with E-state index in [1.807, 2.05) is 5.32 Å². The molecule has 0 saturated carbocycles. The van der Waals surface area contributed by atoms with E-state index in [4.69, 9.17) is 23.7 Å². The van der Waals surface area contributed by atoms with Crippen molar-refractivity contribution >= 4 is 41.7 Å². The predicted molar refractivity (Wildman–Crippen MR) is 173 cm³/mol. The van der Waals surface area contributed by atoms with Crippen LogP contribution in [-0.4, -0.2) is 89.8 Å². The first kappa shape index (κ1) is 39.0. The van der Waals surface area contributed by atoms with E-state index >= 15 is 0 Å². The lowest BCUT2D eigenvalue weighted by atomic mass is 10.00. The molecular weight excluding hydrogens is 640 g/mol. The first-order valence-corrected chi connectivity index (χ1v) is 16.6. The van der Waals surface area contributed by atoms with Crippen LogP contribution in [0.25, 0.3) is 0 Å². The molecule has 3 aliphatic rings. The highest BCUT2D eigenvalue weighted by Gasteiger charge is 2.58. The maximum absolute atomic E-state index is 12.9. The molecule has 0 radical (unpaired) electrons. The van der Waals surface area contributed by atoms with Crippen LogP contribution in [-0.2, 0) is 52.5 Å². The number of hydrogen-bond donors (Lipinski definition) is 1. The molecule has 0 aromatic rings. The van der Waals surface area contributed by atoms with Crippen LogP contribution < -0.4 is 5.32 Å². The fourth-order valence-electron chi connectivity index (χ4n) is 5.24. The maximum Gasteiger partial charge on any atom is 0.414 e. The van der Waals surface area contributed by atoms with Crippen molar-refractivity contribution in [3.05, 3.63) is 48.1 Å². The summed E-state index contributed by atoms with van der Waals surface area (Å²) in [5, 5.41) is 2.04. The van der Waals surface area contributed by atoms with E-state index in [9.17, 15) is 33.6 Å². The lowest BCUT2D eigenvalue weighted by Gasteiger charge is -2.24. The van der Waals surface area contributed by atoms with Crippen molar-refractivity contribution in [1.82, 2.24) is 10.2 Å². The fourth-order valence-corrected chi connectivity index (χ4v) is 5.24. The molecule has 0 spiro atoms. The molecule has 0 aliphatic carbocycles. The first-order chi connectivity index (χ1) is 23.4. The van der Waals surface area contributed by atoms with Crippen molar-refractivity contribution in [2.24, 2.45) is 0 Å². The van der Waals surface area contributed by atoms with Gasteiger partial charge in [0.1, 0.15) is 18.3 Å². The molecule has 0 bridgehead atoms. The molecule has 3 heterocycles. The van der Waals surface area contributed by atoms with Crippen molar-refractivity contribution < 1.29 is 57.2 Å². The number of epoxide rings is 2. The summed E-state index contributed by atoms with van der Waals surface area (Å²) in [6, 6.07) is 0. The Balaban J connectivity index is 1.74. The molecule has 0 unspecified atom stereocenters. The highest BCUT2D eigenvalue weighted by atomic mass is 16.7. The minimum atomic E-state index is -1.18. The topological polar surface area (TPSA) is 188 Å². The van der Waals surface area contributed by atoms with E-state index in [0.29, 0.717) is 36.2 Å². The number of amides is 5.